The molecule has 0 aliphatic carbocycles. The van der Waals surface area contributed by atoms with Gasteiger partial charge in [0.25, 0.3) is 0 Å². The SMILES string of the molecule is COc1cccc(N)c1C(=O)OCCSc1ccccc1. The fourth-order valence-electron chi connectivity index (χ4n) is 1.82. The molecular formula is C16H17NO3S. The number of anilines is 1. The quantitative estimate of drug-likeness (QED) is 0.384. The molecule has 2 aromatic carbocycles. The Bertz CT molecular complexity index is 602. The van der Waals surface area contributed by atoms with Gasteiger partial charge in [-0.25, -0.2) is 4.79 Å². The number of methoxy groups -OCH3 is 1. The summed E-state index contributed by atoms with van der Waals surface area (Å²) in [5.41, 5.74) is 6.45. The van der Waals surface area contributed by atoms with Gasteiger partial charge in [-0.3, -0.25) is 0 Å². The van der Waals surface area contributed by atoms with Crippen LogP contribution < -0.4 is 10.5 Å². The summed E-state index contributed by atoms with van der Waals surface area (Å²) in [6.45, 7) is 0.315. The van der Waals surface area contributed by atoms with Crippen molar-refractivity contribution >= 4 is 23.4 Å². The van der Waals surface area contributed by atoms with E-state index in [1.807, 2.05) is 30.3 Å². The summed E-state index contributed by atoms with van der Waals surface area (Å²) in [5.74, 6) is 0.652. The van der Waals surface area contributed by atoms with Crippen molar-refractivity contribution in [2.45, 2.75) is 4.90 Å². The lowest BCUT2D eigenvalue weighted by atomic mass is 10.1. The fourth-order valence-corrected chi connectivity index (χ4v) is 2.57. The van der Waals surface area contributed by atoms with Crippen LogP contribution in [-0.2, 0) is 4.74 Å². The molecule has 110 valence electrons. The van der Waals surface area contributed by atoms with Gasteiger partial charge in [-0.1, -0.05) is 24.3 Å². The zero-order valence-corrected chi connectivity index (χ0v) is 12.6. The Labute approximate surface area is 128 Å². The number of hydrogen-bond donors (Lipinski definition) is 1. The molecule has 2 N–H and O–H groups in total. The van der Waals surface area contributed by atoms with Crippen molar-refractivity contribution < 1.29 is 14.3 Å². The van der Waals surface area contributed by atoms with E-state index in [1.165, 1.54) is 7.11 Å². The highest BCUT2D eigenvalue weighted by molar-refractivity contribution is 7.99. The number of nitrogen functional groups attached to an aromatic ring is 1. The lowest BCUT2D eigenvalue weighted by Gasteiger charge is -2.10. The minimum absolute atomic E-state index is 0.282. The Morgan fingerprint density at radius 2 is 1.90 bits per heavy atom. The molecule has 2 aromatic rings. The summed E-state index contributed by atoms with van der Waals surface area (Å²) in [7, 11) is 1.50. The van der Waals surface area contributed by atoms with Crippen molar-refractivity contribution in [2.24, 2.45) is 0 Å². The number of hydrogen-bond acceptors (Lipinski definition) is 5. The van der Waals surface area contributed by atoms with Gasteiger partial charge in [-0.2, -0.15) is 0 Å². The Morgan fingerprint density at radius 3 is 2.62 bits per heavy atom. The topological polar surface area (TPSA) is 61.5 Å². The van der Waals surface area contributed by atoms with Crippen LogP contribution in [0.1, 0.15) is 10.4 Å². The fraction of sp³-hybridized carbons (Fsp3) is 0.188. The van der Waals surface area contributed by atoms with E-state index < -0.39 is 5.97 Å². The largest absolute Gasteiger partial charge is 0.496 e. The third-order valence-electron chi connectivity index (χ3n) is 2.81. The second-order valence-corrected chi connectivity index (χ2v) is 5.39. The first-order chi connectivity index (χ1) is 10.2. The van der Waals surface area contributed by atoms with Crippen molar-refractivity contribution in [3.63, 3.8) is 0 Å². The van der Waals surface area contributed by atoms with Crippen LogP contribution in [0.25, 0.3) is 0 Å². The number of rotatable bonds is 6. The van der Waals surface area contributed by atoms with E-state index in [4.69, 9.17) is 15.2 Å². The maximum atomic E-state index is 12.1. The van der Waals surface area contributed by atoms with Gasteiger partial charge in [0.05, 0.1) is 7.11 Å². The van der Waals surface area contributed by atoms with E-state index in [-0.39, 0.29) is 5.56 Å². The lowest BCUT2D eigenvalue weighted by molar-refractivity contribution is 0.0528. The number of nitrogens with two attached hydrogens (primary N) is 1. The second-order valence-electron chi connectivity index (χ2n) is 4.22. The van der Waals surface area contributed by atoms with Crippen LogP contribution >= 0.6 is 11.8 Å². The van der Waals surface area contributed by atoms with Gasteiger partial charge in [0.2, 0.25) is 0 Å². The van der Waals surface area contributed by atoms with Gasteiger partial charge in [0.1, 0.15) is 17.9 Å². The maximum Gasteiger partial charge on any atom is 0.344 e. The molecule has 0 amide bonds. The molecular weight excluding hydrogens is 286 g/mol. The van der Waals surface area contributed by atoms with Crippen LogP contribution in [0.5, 0.6) is 5.75 Å². The molecule has 4 nitrogen and oxygen atoms in total. The predicted molar refractivity (Wildman–Crippen MR) is 84.9 cm³/mol. The molecule has 0 aromatic heterocycles. The van der Waals surface area contributed by atoms with Crippen molar-refractivity contribution in [1.29, 1.82) is 0 Å². The Hall–Kier alpha value is -2.14. The van der Waals surface area contributed by atoms with Crippen molar-refractivity contribution in [1.82, 2.24) is 0 Å². The average molecular weight is 303 g/mol. The molecule has 0 spiro atoms. The van der Waals surface area contributed by atoms with E-state index in [0.717, 1.165) is 4.90 Å². The number of carbonyl (C=O) groups is 1. The minimum atomic E-state index is -0.460. The molecule has 2 rings (SSSR count). The zero-order chi connectivity index (χ0) is 15.1. The van der Waals surface area contributed by atoms with Crippen molar-refractivity contribution in [3.8, 4) is 5.75 Å². The molecule has 0 unspecified atom stereocenters. The van der Waals surface area contributed by atoms with Gasteiger partial charge in [0.15, 0.2) is 0 Å². The van der Waals surface area contributed by atoms with Crippen molar-refractivity contribution in [3.05, 3.63) is 54.1 Å². The Morgan fingerprint density at radius 1 is 1.14 bits per heavy atom. The Kier molecular flexibility index (Phi) is 5.51. The molecule has 5 heteroatoms. The zero-order valence-electron chi connectivity index (χ0n) is 11.7. The normalized spacial score (nSPS) is 10.1. The van der Waals surface area contributed by atoms with Crippen LogP contribution in [0.2, 0.25) is 0 Å². The van der Waals surface area contributed by atoms with Crippen LogP contribution in [0, 0.1) is 0 Å². The standard InChI is InChI=1S/C16H17NO3S/c1-19-14-9-5-8-13(17)15(14)16(18)20-10-11-21-12-6-3-2-4-7-12/h2-9H,10-11,17H2,1H3. The monoisotopic (exact) mass is 303 g/mol. The van der Waals surface area contributed by atoms with Gasteiger partial charge in [0, 0.05) is 16.3 Å². The lowest BCUT2D eigenvalue weighted by Crippen LogP contribution is -2.11. The number of ether oxygens (including phenoxy) is 2. The molecule has 0 radical (unpaired) electrons. The Balaban J connectivity index is 1.88. The molecule has 0 bridgehead atoms. The van der Waals surface area contributed by atoms with Crippen LogP contribution in [0.3, 0.4) is 0 Å². The third-order valence-corrected chi connectivity index (χ3v) is 3.79. The van der Waals surface area contributed by atoms with E-state index >= 15 is 0 Å². The number of esters is 1. The molecule has 0 aliphatic heterocycles. The first-order valence-electron chi connectivity index (χ1n) is 6.50. The average Bonchev–Trinajstić information content (AvgIpc) is 2.52. The highest BCUT2D eigenvalue weighted by atomic mass is 32.2. The number of benzene rings is 2. The van der Waals surface area contributed by atoms with Crippen LogP contribution in [0.4, 0.5) is 5.69 Å². The smallest absolute Gasteiger partial charge is 0.344 e. The second kappa shape index (κ2) is 7.59. The minimum Gasteiger partial charge on any atom is -0.496 e. The summed E-state index contributed by atoms with van der Waals surface area (Å²) in [5, 5.41) is 0. The van der Waals surface area contributed by atoms with Crippen molar-refractivity contribution in [2.75, 3.05) is 25.2 Å². The number of carbonyl (C=O) groups excluding carboxylic acids is 1. The molecule has 0 fully saturated rings. The molecule has 0 heterocycles. The maximum absolute atomic E-state index is 12.1. The summed E-state index contributed by atoms with van der Waals surface area (Å²) in [4.78, 5) is 13.2. The highest BCUT2D eigenvalue weighted by Crippen LogP contribution is 2.25. The first kappa shape index (κ1) is 15.3. The van der Waals surface area contributed by atoms with Crippen LogP contribution in [0.15, 0.2) is 53.4 Å². The number of thioether (sulfide) groups is 1. The molecule has 21 heavy (non-hydrogen) atoms. The summed E-state index contributed by atoms with van der Waals surface area (Å²) < 4.78 is 10.4. The highest BCUT2D eigenvalue weighted by Gasteiger charge is 2.16. The van der Waals surface area contributed by atoms with E-state index in [1.54, 1.807) is 30.0 Å². The van der Waals surface area contributed by atoms with Gasteiger partial charge in [-0.05, 0) is 24.3 Å². The predicted octanol–water partition coefficient (Wildman–Crippen LogP) is 3.23. The summed E-state index contributed by atoms with van der Waals surface area (Å²) >= 11 is 1.63. The molecule has 0 saturated heterocycles. The van der Waals surface area contributed by atoms with Gasteiger partial charge < -0.3 is 15.2 Å². The van der Waals surface area contributed by atoms with E-state index in [2.05, 4.69) is 0 Å². The molecule has 0 aliphatic rings. The summed E-state index contributed by atoms with van der Waals surface area (Å²) in [6, 6.07) is 15.0. The van der Waals surface area contributed by atoms with E-state index in [9.17, 15) is 4.79 Å². The van der Waals surface area contributed by atoms with Gasteiger partial charge in [-0.15, -0.1) is 11.8 Å². The van der Waals surface area contributed by atoms with E-state index in [0.29, 0.717) is 23.8 Å². The van der Waals surface area contributed by atoms with Gasteiger partial charge >= 0.3 is 5.97 Å². The third kappa shape index (κ3) is 4.16. The summed E-state index contributed by atoms with van der Waals surface area (Å²) in [6.07, 6.45) is 0. The molecule has 0 saturated carbocycles. The van der Waals surface area contributed by atoms with Crippen LogP contribution in [-0.4, -0.2) is 25.4 Å². The first-order valence-corrected chi connectivity index (χ1v) is 7.48. The molecule has 0 atom stereocenters.